The highest BCUT2D eigenvalue weighted by Crippen LogP contribution is 2.03. The third kappa shape index (κ3) is 4.43. The Morgan fingerprint density at radius 2 is 2.25 bits per heavy atom. The van der Waals surface area contributed by atoms with Crippen molar-refractivity contribution in [3.05, 3.63) is 0 Å². The third-order valence-electron chi connectivity index (χ3n) is 1.76. The molecule has 0 aliphatic rings. The normalized spacial score (nSPS) is 15.7. The van der Waals surface area contributed by atoms with Gasteiger partial charge in [0.1, 0.15) is 5.78 Å². The molecule has 0 spiro atoms. The highest BCUT2D eigenvalue weighted by molar-refractivity contribution is 5.75. The van der Waals surface area contributed by atoms with E-state index >= 15 is 0 Å². The van der Waals surface area contributed by atoms with Gasteiger partial charge in [0.15, 0.2) is 6.29 Å². The summed E-state index contributed by atoms with van der Waals surface area (Å²) >= 11 is 0. The van der Waals surface area contributed by atoms with Crippen LogP contribution in [0.4, 0.5) is 0 Å². The highest BCUT2D eigenvalue weighted by Gasteiger charge is 2.16. The lowest BCUT2D eigenvalue weighted by Crippen LogP contribution is -2.38. The molecule has 12 heavy (non-hydrogen) atoms. The Bertz CT molecular complexity index is 138. The number of nitrogens with one attached hydrogen (secondary N) is 1. The van der Waals surface area contributed by atoms with E-state index in [9.17, 15) is 9.90 Å². The maximum Gasteiger partial charge on any atom is 0.169 e. The first-order valence-electron chi connectivity index (χ1n) is 3.99. The first-order chi connectivity index (χ1) is 5.61. The van der Waals surface area contributed by atoms with Crippen molar-refractivity contribution in [3.63, 3.8) is 0 Å². The number of likely N-dealkylation sites (N-methyl/N-ethyl adjacent to an activating group) is 1. The Kier molecular flexibility index (Phi) is 5.88. The molecule has 0 saturated heterocycles. The summed E-state index contributed by atoms with van der Waals surface area (Å²) in [6, 6.07) is -0.168. The fourth-order valence-corrected chi connectivity index (χ4v) is 0.953. The molecule has 0 amide bonds. The molecule has 0 heterocycles. The number of ketones is 1. The molecule has 2 N–H and O–H groups in total. The summed E-state index contributed by atoms with van der Waals surface area (Å²) in [6.07, 6.45) is 0.224. The smallest absolute Gasteiger partial charge is 0.169 e. The van der Waals surface area contributed by atoms with Crippen LogP contribution in [0.3, 0.4) is 0 Å². The number of hydrogen-bond acceptors (Lipinski definition) is 4. The van der Waals surface area contributed by atoms with E-state index in [2.05, 4.69) is 5.32 Å². The van der Waals surface area contributed by atoms with E-state index in [1.807, 2.05) is 0 Å². The SMILES string of the molecule is CNC(CCC(C)=O)C(O)OC. The average Bonchev–Trinajstić information content (AvgIpc) is 2.04. The van der Waals surface area contributed by atoms with Gasteiger partial charge in [-0.3, -0.25) is 0 Å². The maximum atomic E-state index is 10.6. The van der Waals surface area contributed by atoms with Gasteiger partial charge >= 0.3 is 0 Å². The van der Waals surface area contributed by atoms with Crippen molar-refractivity contribution >= 4 is 5.78 Å². The summed E-state index contributed by atoms with van der Waals surface area (Å²) in [6.45, 7) is 1.53. The van der Waals surface area contributed by atoms with Crippen LogP contribution >= 0.6 is 0 Å². The predicted molar refractivity (Wildman–Crippen MR) is 45.8 cm³/mol. The lowest BCUT2D eigenvalue weighted by atomic mass is 10.1. The summed E-state index contributed by atoms with van der Waals surface area (Å²) in [5.41, 5.74) is 0. The minimum absolute atomic E-state index is 0.124. The summed E-state index contributed by atoms with van der Waals surface area (Å²) in [7, 11) is 3.16. The molecule has 0 bridgehead atoms. The van der Waals surface area contributed by atoms with Crippen molar-refractivity contribution in [2.24, 2.45) is 0 Å². The lowest BCUT2D eigenvalue weighted by molar-refractivity contribution is -0.119. The fraction of sp³-hybridized carbons (Fsp3) is 0.875. The van der Waals surface area contributed by atoms with E-state index in [1.54, 1.807) is 7.05 Å². The number of hydrogen-bond donors (Lipinski definition) is 2. The minimum Gasteiger partial charge on any atom is -0.367 e. The largest absolute Gasteiger partial charge is 0.367 e. The standard InChI is InChI=1S/C8H17NO3/c1-6(10)4-5-7(9-2)8(11)12-3/h7-9,11H,4-5H2,1-3H3. The molecule has 0 aliphatic heterocycles. The molecule has 4 nitrogen and oxygen atoms in total. The molecule has 0 saturated carbocycles. The second-order valence-corrected chi connectivity index (χ2v) is 2.76. The Balaban J connectivity index is 3.74. The van der Waals surface area contributed by atoms with Crippen LogP contribution in [0.15, 0.2) is 0 Å². The molecule has 4 heteroatoms. The third-order valence-corrected chi connectivity index (χ3v) is 1.76. The van der Waals surface area contributed by atoms with Gasteiger partial charge < -0.3 is 20.0 Å². The van der Waals surface area contributed by atoms with E-state index in [0.29, 0.717) is 12.8 Å². The van der Waals surface area contributed by atoms with Gasteiger partial charge in [-0.15, -0.1) is 0 Å². The molecule has 2 unspecified atom stereocenters. The molecule has 2 atom stereocenters. The Hall–Kier alpha value is -0.450. The van der Waals surface area contributed by atoms with Gasteiger partial charge in [-0.05, 0) is 20.4 Å². The van der Waals surface area contributed by atoms with Crippen molar-refractivity contribution < 1.29 is 14.6 Å². The van der Waals surface area contributed by atoms with Crippen molar-refractivity contribution in [1.29, 1.82) is 0 Å². The predicted octanol–water partition coefficient (Wildman–Crippen LogP) is -0.0916. The first kappa shape index (κ1) is 11.6. The quantitative estimate of drug-likeness (QED) is 0.554. The van der Waals surface area contributed by atoms with E-state index in [0.717, 1.165) is 0 Å². The number of carbonyl (C=O) groups is 1. The van der Waals surface area contributed by atoms with Gasteiger partial charge in [0.25, 0.3) is 0 Å². The van der Waals surface area contributed by atoms with Gasteiger partial charge in [-0.1, -0.05) is 0 Å². The topological polar surface area (TPSA) is 58.6 Å². The number of aliphatic hydroxyl groups excluding tert-OH is 1. The van der Waals surface area contributed by atoms with Crippen LogP contribution in [-0.2, 0) is 9.53 Å². The number of ether oxygens (including phenoxy) is 1. The average molecular weight is 175 g/mol. The second-order valence-electron chi connectivity index (χ2n) is 2.76. The lowest BCUT2D eigenvalue weighted by Gasteiger charge is -2.20. The molecular weight excluding hydrogens is 158 g/mol. The molecule has 0 aliphatic carbocycles. The van der Waals surface area contributed by atoms with E-state index in [1.165, 1.54) is 14.0 Å². The molecule has 72 valence electrons. The summed E-state index contributed by atoms with van der Waals surface area (Å²) in [5, 5.41) is 12.1. The van der Waals surface area contributed by atoms with E-state index in [-0.39, 0.29) is 11.8 Å². The number of aliphatic hydroxyl groups is 1. The molecule has 0 aromatic rings. The van der Waals surface area contributed by atoms with Crippen LogP contribution in [-0.4, -0.2) is 37.4 Å². The zero-order valence-corrected chi connectivity index (χ0v) is 7.83. The first-order valence-corrected chi connectivity index (χ1v) is 3.99. The van der Waals surface area contributed by atoms with Crippen molar-refractivity contribution in [2.45, 2.75) is 32.1 Å². The number of carbonyl (C=O) groups excluding carboxylic acids is 1. The molecular formula is C8H17NO3. The molecule has 0 aromatic carbocycles. The highest BCUT2D eigenvalue weighted by atomic mass is 16.6. The molecule has 0 fully saturated rings. The van der Waals surface area contributed by atoms with Crippen LogP contribution in [0.2, 0.25) is 0 Å². The second kappa shape index (κ2) is 6.11. The van der Waals surface area contributed by atoms with Crippen molar-refractivity contribution in [2.75, 3.05) is 14.2 Å². The van der Waals surface area contributed by atoms with Crippen molar-refractivity contribution in [3.8, 4) is 0 Å². The van der Waals surface area contributed by atoms with Gasteiger partial charge in [0.2, 0.25) is 0 Å². The minimum atomic E-state index is -0.839. The van der Waals surface area contributed by atoms with Crippen LogP contribution in [0.5, 0.6) is 0 Å². The fourth-order valence-electron chi connectivity index (χ4n) is 0.953. The molecule has 0 aromatic heterocycles. The summed E-state index contributed by atoms with van der Waals surface area (Å²) in [4.78, 5) is 10.6. The number of rotatable bonds is 6. The van der Waals surface area contributed by atoms with Crippen LogP contribution < -0.4 is 5.32 Å². The van der Waals surface area contributed by atoms with Crippen LogP contribution in [0, 0.1) is 0 Å². The Morgan fingerprint density at radius 3 is 2.58 bits per heavy atom. The van der Waals surface area contributed by atoms with E-state index in [4.69, 9.17) is 4.74 Å². The zero-order valence-electron chi connectivity index (χ0n) is 7.83. The molecule has 0 rings (SSSR count). The van der Waals surface area contributed by atoms with Gasteiger partial charge in [0.05, 0.1) is 6.04 Å². The maximum absolute atomic E-state index is 10.6. The van der Waals surface area contributed by atoms with Crippen molar-refractivity contribution in [1.82, 2.24) is 5.32 Å². The van der Waals surface area contributed by atoms with Gasteiger partial charge in [-0.25, -0.2) is 0 Å². The van der Waals surface area contributed by atoms with Gasteiger partial charge in [-0.2, -0.15) is 0 Å². The monoisotopic (exact) mass is 175 g/mol. The number of methoxy groups -OCH3 is 1. The van der Waals surface area contributed by atoms with E-state index < -0.39 is 6.29 Å². The zero-order chi connectivity index (χ0) is 9.56. The van der Waals surface area contributed by atoms with Crippen LogP contribution in [0.25, 0.3) is 0 Å². The Morgan fingerprint density at radius 1 is 1.67 bits per heavy atom. The van der Waals surface area contributed by atoms with Gasteiger partial charge in [0, 0.05) is 13.5 Å². The summed E-state index contributed by atoms with van der Waals surface area (Å²) in [5.74, 6) is 0.124. The van der Waals surface area contributed by atoms with Crippen LogP contribution in [0.1, 0.15) is 19.8 Å². The number of Topliss-reactive ketones (excluding diaryl/α,β-unsaturated/α-hetero) is 1. The molecule has 0 radical (unpaired) electrons. The Labute approximate surface area is 72.9 Å². The summed E-state index contributed by atoms with van der Waals surface area (Å²) < 4.78 is 4.72.